The van der Waals surface area contributed by atoms with E-state index in [4.69, 9.17) is 13.9 Å². The molecule has 2 aromatic carbocycles. The Hall–Kier alpha value is -2.75. The highest BCUT2D eigenvalue weighted by Gasteiger charge is 2.13. The largest absolute Gasteiger partial charge is 0.497 e. The number of fused-ring (bicyclic) bond motifs is 3. The normalized spacial score (nSPS) is 10.8. The molecule has 3 aromatic rings. The fraction of sp³-hybridized carbons (Fsp3) is 0.250. The van der Waals surface area contributed by atoms with Gasteiger partial charge in [0, 0.05) is 16.3 Å². The number of ether oxygens (including phenoxy) is 2. The van der Waals surface area contributed by atoms with Crippen molar-refractivity contribution in [3.63, 3.8) is 0 Å². The van der Waals surface area contributed by atoms with E-state index in [-0.39, 0.29) is 5.63 Å². The van der Waals surface area contributed by atoms with Crippen LogP contribution in [0.1, 0.15) is 19.4 Å². The van der Waals surface area contributed by atoms with Gasteiger partial charge >= 0.3 is 5.63 Å². The molecule has 0 N–H and O–H groups in total. The van der Waals surface area contributed by atoms with E-state index in [1.807, 2.05) is 51.1 Å². The first-order valence-corrected chi connectivity index (χ1v) is 7.81. The van der Waals surface area contributed by atoms with Crippen LogP contribution in [0.3, 0.4) is 0 Å². The number of benzene rings is 2. The van der Waals surface area contributed by atoms with Gasteiger partial charge in [-0.2, -0.15) is 0 Å². The van der Waals surface area contributed by atoms with Gasteiger partial charge in [-0.1, -0.05) is 5.57 Å². The molecule has 0 saturated carbocycles. The molecule has 0 saturated heterocycles. The second-order valence-corrected chi connectivity index (χ2v) is 5.96. The van der Waals surface area contributed by atoms with Crippen molar-refractivity contribution in [3.8, 4) is 11.5 Å². The SMILES string of the molecule is COc1ccc2c(c1)c(=O)oc1c(C)c(OCC=C(C)C)ccc12. The second-order valence-electron chi connectivity index (χ2n) is 5.96. The zero-order chi connectivity index (χ0) is 17.3. The van der Waals surface area contributed by atoms with E-state index in [0.29, 0.717) is 23.3 Å². The Bertz CT molecular complexity index is 992. The van der Waals surface area contributed by atoms with Crippen LogP contribution in [-0.4, -0.2) is 13.7 Å². The molecule has 0 bridgehead atoms. The molecule has 3 rings (SSSR count). The van der Waals surface area contributed by atoms with Crippen molar-refractivity contribution < 1.29 is 13.9 Å². The van der Waals surface area contributed by atoms with E-state index in [9.17, 15) is 4.79 Å². The van der Waals surface area contributed by atoms with Crippen molar-refractivity contribution in [1.82, 2.24) is 0 Å². The highest BCUT2D eigenvalue weighted by molar-refractivity contribution is 6.05. The molecule has 0 amide bonds. The summed E-state index contributed by atoms with van der Waals surface area (Å²) in [6, 6.07) is 9.28. The molecule has 0 aliphatic carbocycles. The summed E-state index contributed by atoms with van der Waals surface area (Å²) in [4.78, 5) is 12.4. The van der Waals surface area contributed by atoms with Gasteiger partial charge in [0.2, 0.25) is 0 Å². The second kappa shape index (κ2) is 6.40. The summed E-state index contributed by atoms with van der Waals surface area (Å²) >= 11 is 0. The minimum atomic E-state index is -0.374. The molecule has 4 heteroatoms. The molecule has 24 heavy (non-hydrogen) atoms. The molecule has 4 nitrogen and oxygen atoms in total. The average molecular weight is 324 g/mol. The summed E-state index contributed by atoms with van der Waals surface area (Å²) in [5, 5.41) is 2.25. The van der Waals surface area contributed by atoms with E-state index in [1.54, 1.807) is 13.2 Å². The average Bonchev–Trinajstić information content (AvgIpc) is 2.57. The molecule has 0 unspecified atom stereocenters. The van der Waals surface area contributed by atoms with E-state index in [1.165, 1.54) is 5.57 Å². The molecule has 0 fully saturated rings. The van der Waals surface area contributed by atoms with Gasteiger partial charge in [0.1, 0.15) is 23.7 Å². The Kier molecular flexibility index (Phi) is 4.30. The molecule has 0 aliphatic heterocycles. The Morgan fingerprint density at radius 2 is 1.88 bits per heavy atom. The molecular formula is C20H20O4. The highest BCUT2D eigenvalue weighted by Crippen LogP contribution is 2.32. The third-order valence-corrected chi connectivity index (χ3v) is 4.02. The highest BCUT2D eigenvalue weighted by atomic mass is 16.5. The topological polar surface area (TPSA) is 48.7 Å². The summed E-state index contributed by atoms with van der Waals surface area (Å²) in [7, 11) is 1.57. The predicted molar refractivity (Wildman–Crippen MR) is 96.2 cm³/mol. The van der Waals surface area contributed by atoms with Crippen LogP contribution in [0.5, 0.6) is 11.5 Å². The minimum Gasteiger partial charge on any atom is -0.497 e. The lowest BCUT2D eigenvalue weighted by molar-refractivity contribution is 0.359. The molecular weight excluding hydrogens is 304 g/mol. The molecule has 124 valence electrons. The van der Waals surface area contributed by atoms with Crippen molar-refractivity contribution in [1.29, 1.82) is 0 Å². The third kappa shape index (κ3) is 2.87. The zero-order valence-corrected chi connectivity index (χ0v) is 14.3. The molecule has 0 aliphatic rings. The Labute approximate surface area is 140 Å². The van der Waals surface area contributed by atoms with Crippen LogP contribution in [0.2, 0.25) is 0 Å². The van der Waals surface area contributed by atoms with E-state index in [2.05, 4.69) is 0 Å². The van der Waals surface area contributed by atoms with Gasteiger partial charge in [-0.25, -0.2) is 4.79 Å². The van der Waals surface area contributed by atoms with Crippen molar-refractivity contribution in [2.45, 2.75) is 20.8 Å². The van der Waals surface area contributed by atoms with Crippen LogP contribution in [0.15, 0.2) is 51.2 Å². The fourth-order valence-electron chi connectivity index (χ4n) is 2.67. The van der Waals surface area contributed by atoms with Gasteiger partial charge in [-0.15, -0.1) is 0 Å². The van der Waals surface area contributed by atoms with Crippen LogP contribution < -0.4 is 15.1 Å². The summed E-state index contributed by atoms with van der Waals surface area (Å²) in [5.74, 6) is 1.35. The third-order valence-electron chi connectivity index (χ3n) is 4.02. The summed E-state index contributed by atoms with van der Waals surface area (Å²) < 4.78 is 16.5. The minimum absolute atomic E-state index is 0.374. The Balaban J connectivity index is 2.17. The van der Waals surface area contributed by atoms with Crippen LogP contribution >= 0.6 is 0 Å². The first kappa shape index (κ1) is 16.1. The zero-order valence-electron chi connectivity index (χ0n) is 14.3. The summed E-state index contributed by atoms with van der Waals surface area (Å²) in [6.07, 6.45) is 2.01. The van der Waals surface area contributed by atoms with Crippen LogP contribution in [0, 0.1) is 6.92 Å². The van der Waals surface area contributed by atoms with Crippen LogP contribution in [-0.2, 0) is 0 Å². The monoisotopic (exact) mass is 324 g/mol. The number of methoxy groups -OCH3 is 1. The number of hydrogen-bond acceptors (Lipinski definition) is 4. The number of hydrogen-bond donors (Lipinski definition) is 0. The number of allylic oxidation sites excluding steroid dienone is 1. The van der Waals surface area contributed by atoms with Crippen LogP contribution in [0.25, 0.3) is 21.7 Å². The van der Waals surface area contributed by atoms with Crippen molar-refractivity contribution >= 4 is 21.7 Å². The quantitative estimate of drug-likeness (QED) is 0.399. The van der Waals surface area contributed by atoms with Gasteiger partial charge in [-0.05, 0) is 57.2 Å². The molecule has 0 spiro atoms. The van der Waals surface area contributed by atoms with Crippen molar-refractivity contribution in [2.24, 2.45) is 0 Å². The maximum Gasteiger partial charge on any atom is 0.344 e. The molecule has 1 aromatic heterocycles. The summed E-state index contributed by atoms with van der Waals surface area (Å²) in [5.41, 5.74) is 2.21. The maximum absolute atomic E-state index is 12.4. The van der Waals surface area contributed by atoms with E-state index in [0.717, 1.165) is 22.1 Å². The van der Waals surface area contributed by atoms with E-state index >= 15 is 0 Å². The lowest BCUT2D eigenvalue weighted by Gasteiger charge is -2.11. The molecule has 0 radical (unpaired) electrons. The smallest absolute Gasteiger partial charge is 0.344 e. The van der Waals surface area contributed by atoms with Gasteiger partial charge in [0.05, 0.1) is 12.5 Å². The van der Waals surface area contributed by atoms with Gasteiger partial charge < -0.3 is 13.9 Å². The van der Waals surface area contributed by atoms with Crippen LogP contribution in [0.4, 0.5) is 0 Å². The molecule has 1 heterocycles. The van der Waals surface area contributed by atoms with Crippen molar-refractivity contribution in [3.05, 3.63) is 58.0 Å². The lowest BCUT2D eigenvalue weighted by Crippen LogP contribution is -2.02. The van der Waals surface area contributed by atoms with E-state index < -0.39 is 0 Å². The van der Waals surface area contributed by atoms with Crippen molar-refractivity contribution in [2.75, 3.05) is 13.7 Å². The lowest BCUT2D eigenvalue weighted by atomic mass is 10.0. The van der Waals surface area contributed by atoms with Gasteiger partial charge in [-0.3, -0.25) is 0 Å². The maximum atomic E-state index is 12.4. The van der Waals surface area contributed by atoms with Gasteiger partial charge in [0.25, 0.3) is 0 Å². The first-order valence-electron chi connectivity index (χ1n) is 7.81. The van der Waals surface area contributed by atoms with Gasteiger partial charge in [0.15, 0.2) is 0 Å². The first-order chi connectivity index (χ1) is 11.5. The standard InChI is InChI=1S/C20H20O4/c1-12(2)9-10-23-18-8-7-16-15-6-5-14(22-4)11-17(15)20(21)24-19(16)13(18)3/h5-9,11H,10H2,1-4H3. The predicted octanol–water partition coefficient (Wildman–Crippen LogP) is 4.61. The Morgan fingerprint density at radius 3 is 2.58 bits per heavy atom. The number of rotatable bonds is 4. The Morgan fingerprint density at radius 1 is 1.12 bits per heavy atom. The summed E-state index contributed by atoms with van der Waals surface area (Å²) in [6.45, 7) is 6.44. The fourth-order valence-corrected chi connectivity index (χ4v) is 2.67. The molecule has 0 atom stereocenters. The number of aryl methyl sites for hydroxylation is 1.